The molecule has 0 aliphatic rings. The Morgan fingerprint density at radius 2 is 1.71 bits per heavy atom. The molecule has 2 rings (SSSR count). The molecule has 0 N–H and O–H groups in total. The van der Waals surface area contributed by atoms with Crippen molar-refractivity contribution in [1.29, 1.82) is 0 Å². The topological polar surface area (TPSA) is 38.8 Å². The van der Waals surface area contributed by atoms with Gasteiger partial charge in [-0.25, -0.2) is 0 Å². The van der Waals surface area contributed by atoms with E-state index in [1.54, 1.807) is 63.7 Å². The molecule has 2 aromatic carbocycles. The molecule has 4 nitrogen and oxygen atoms in total. The first-order valence-electron chi connectivity index (χ1n) is 6.33. The number of carbonyl (C=O) groups is 1. The van der Waals surface area contributed by atoms with E-state index in [4.69, 9.17) is 21.1 Å². The number of benzene rings is 2. The van der Waals surface area contributed by atoms with E-state index >= 15 is 0 Å². The standard InChI is InChI=1S/C16H16ClNO3/c1-18(16(19)12-6-4-5-7-13(12)17)11-8-9-14(20-2)15(10-11)21-3/h4-10H,1-3H3. The molecule has 21 heavy (non-hydrogen) atoms. The van der Waals surface area contributed by atoms with Gasteiger partial charge >= 0.3 is 0 Å². The highest BCUT2D eigenvalue weighted by atomic mass is 35.5. The second-order valence-electron chi connectivity index (χ2n) is 4.38. The third kappa shape index (κ3) is 3.11. The van der Waals surface area contributed by atoms with Crippen LogP contribution in [0.25, 0.3) is 0 Å². The summed E-state index contributed by atoms with van der Waals surface area (Å²) in [5.74, 6) is 0.987. The van der Waals surface area contributed by atoms with Crippen molar-refractivity contribution in [3.63, 3.8) is 0 Å². The highest BCUT2D eigenvalue weighted by Crippen LogP contribution is 2.32. The smallest absolute Gasteiger partial charge is 0.259 e. The van der Waals surface area contributed by atoms with Crippen molar-refractivity contribution in [3.8, 4) is 11.5 Å². The summed E-state index contributed by atoms with van der Waals surface area (Å²) in [6, 6.07) is 12.2. The van der Waals surface area contributed by atoms with E-state index < -0.39 is 0 Å². The number of hydrogen-bond donors (Lipinski definition) is 0. The lowest BCUT2D eigenvalue weighted by Gasteiger charge is -2.19. The quantitative estimate of drug-likeness (QED) is 0.866. The highest BCUT2D eigenvalue weighted by Gasteiger charge is 2.17. The molecule has 0 aliphatic heterocycles. The average Bonchev–Trinajstić information content (AvgIpc) is 2.53. The zero-order valence-corrected chi connectivity index (χ0v) is 12.8. The molecule has 0 radical (unpaired) electrons. The van der Waals surface area contributed by atoms with Crippen molar-refractivity contribution >= 4 is 23.2 Å². The third-order valence-corrected chi connectivity index (χ3v) is 3.49. The van der Waals surface area contributed by atoms with Crippen LogP contribution in [0.1, 0.15) is 10.4 Å². The highest BCUT2D eigenvalue weighted by molar-refractivity contribution is 6.34. The van der Waals surface area contributed by atoms with E-state index in [2.05, 4.69) is 0 Å². The van der Waals surface area contributed by atoms with E-state index in [0.29, 0.717) is 27.8 Å². The Hall–Kier alpha value is -2.20. The van der Waals surface area contributed by atoms with Crippen LogP contribution in [0.2, 0.25) is 5.02 Å². The van der Waals surface area contributed by atoms with Crippen LogP contribution >= 0.6 is 11.6 Å². The number of hydrogen-bond acceptors (Lipinski definition) is 3. The summed E-state index contributed by atoms with van der Waals surface area (Å²) in [6.45, 7) is 0. The van der Waals surface area contributed by atoms with Crippen LogP contribution in [0.15, 0.2) is 42.5 Å². The summed E-state index contributed by atoms with van der Waals surface area (Å²) in [5.41, 5.74) is 1.15. The Balaban J connectivity index is 2.34. The second-order valence-corrected chi connectivity index (χ2v) is 4.79. The van der Waals surface area contributed by atoms with E-state index in [1.165, 1.54) is 4.90 Å². The minimum Gasteiger partial charge on any atom is -0.493 e. The van der Waals surface area contributed by atoms with E-state index in [0.717, 1.165) is 0 Å². The van der Waals surface area contributed by atoms with Crippen LogP contribution in [0, 0.1) is 0 Å². The molecule has 0 spiro atoms. The van der Waals surface area contributed by atoms with E-state index in [9.17, 15) is 4.79 Å². The molecule has 0 unspecified atom stereocenters. The number of amides is 1. The van der Waals surface area contributed by atoms with Crippen molar-refractivity contribution in [3.05, 3.63) is 53.1 Å². The Morgan fingerprint density at radius 3 is 2.33 bits per heavy atom. The number of ether oxygens (including phenoxy) is 2. The second kappa shape index (κ2) is 6.50. The van der Waals surface area contributed by atoms with Gasteiger partial charge in [0.15, 0.2) is 11.5 Å². The fourth-order valence-electron chi connectivity index (χ4n) is 1.97. The van der Waals surface area contributed by atoms with Gasteiger partial charge in [-0.15, -0.1) is 0 Å². The lowest BCUT2D eigenvalue weighted by Crippen LogP contribution is -2.26. The third-order valence-electron chi connectivity index (χ3n) is 3.16. The lowest BCUT2D eigenvalue weighted by molar-refractivity contribution is 0.0993. The van der Waals surface area contributed by atoms with Gasteiger partial charge in [-0.2, -0.15) is 0 Å². The predicted octanol–water partition coefficient (Wildman–Crippen LogP) is 3.63. The molecular formula is C16H16ClNO3. The predicted molar refractivity (Wildman–Crippen MR) is 83.7 cm³/mol. The number of anilines is 1. The van der Waals surface area contributed by atoms with Crippen LogP contribution in [0.4, 0.5) is 5.69 Å². The Labute approximate surface area is 128 Å². The maximum Gasteiger partial charge on any atom is 0.259 e. The Kier molecular flexibility index (Phi) is 4.70. The molecule has 5 heteroatoms. The molecule has 0 bridgehead atoms. The number of nitrogens with zero attached hydrogens (tertiary/aromatic N) is 1. The van der Waals surface area contributed by atoms with Crippen LogP contribution in [-0.2, 0) is 0 Å². The molecule has 0 aliphatic carbocycles. The first-order valence-corrected chi connectivity index (χ1v) is 6.71. The maximum absolute atomic E-state index is 12.5. The SMILES string of the molecule is COc1ccc(N(C)C(=O)c2ccccc2Cl)cc1OC. The van der Waals surface area contributed by atoms with Crippen molar-refractivity contribution in [1.82, 2.24) is 0 Å². The molecule has 0 atom stereocenters. The molecule has 0 saturated carbocycles. The van der Waals surface area contributed by atoms with Gasteiger partial charge in [-0.3, -0.25) is 4.79 Å². The fraction of sp³-hybridized carbons (Fsp3) is 0.188. The van der Waals surface area contributed by atoms with Gasteiger partial charge in [-0.1, -0.05) is 23.7 Å². The summed E-state index contributed by atoms with van der Waals surface area (Å²) in [5, 5.41) is 0.426. The molecule has 0 heterocycles. The molecule has 2 aromatic rings. The Bertz CT molecular complexity index is 658. The lowest BCUT2D eigenvalue weighted by atomic mass is 10.2. The number of carbonyl (C=O) groups excluding carboxylic acids is 1. The summed E-state index contributed by atoms with van der Waals surface area (Å²) in [4.78, 5) is 14.0. The van der Waals surface area contributed by atoms with E-state index in [1.807, 2.05) is 0 Å². The van der Waals surface area contributed by atoms with Gasteiger partial charge in [0.25, 0.3) is 5.91 Å². The van der Waals surface area contributed by atoms with Gasteiger partial charge in [0.05, 0.1) is 24.8 Å². The van der Waals surface area contributed by atoms with Crippen LogP contribution in [-0.4, -0.2) is 27.2 Å². The summed E-state index contributed by atoms with van der Waals surface area (Å²) >= 11 is 6.06. The van der Waals surface area contributed by atoms with Crippen molar-refractivity contribution in [2.45, 2.75) is 0 Å². The monoisotopic (exact) mass is 305 g/mol. The molecule has 0 aromatic heterocycles. The minimum atomic E-state index is -0.187. The van der Waals surface area contributed by atoms with Crippen molar-refractivity contribution < 1.29 is 14.3 Å². The van der Waals surface area contributed by atoms with Gasteiger partial charge in [0, 0.05) is 18.8 Å². The van der Waals surface area contributed by atoms with Gasteiger partial charge in [0.1, 0.15) is 0 Å². The molecule has 0 saturated heterocycles. The van der Waals surface area contributed by atoms with E-state index in [-0.39, 0.29) is 5.91 Å². The summed E-state index contributed by atoms with van der Waals surface area (Å²) < 4.78 is 10.4. The van der Waals surface area contributed by atoms with Gasteiger partial charge in [-0.05, 0) is 24.3 Å². The van der Waals surface area contributed by atoms with Crippen molar-refractivity contribution in [2.75, 3.05) is 26.2 Å². The normalized spacial score (nSPS) is 10.1. The zero-order valence-electron chi connectivity index (χ0n) is 12.1. The number of rotatable bonds is 4. The summed E-state index contributed by atoms with van der Waals surface area (Å²) in [6.07, 6.45) is 0. The number of methoxy groups -OCH3 is 2. The zero-order chi connectivity index (χ0) is 15.4. The number of halogens is 1. The summed E-state index contributed by atoms with van der Waals surface area (Å²) in [7, 11) is 4.81. The van der Waals surface area contributed by atoms with Gasteiger partial charge < -0.3 is 14.4 Å². The average molecular weight is 306 g/mol. The van der Waals surface area contributed by atoms with Crippen molar-refractivity contribution in [2.24, 2.45) is 0 Å². The molecule has 0 fully saturated rings. The van der Waals surface area contributed by atoms with Crippen LogP contribution < -0.4 is 14.4 Å². The van der Waals surface area contributed by atoms with Gasteiger partial charge in [0.2, 0.25) is 0 Å². The Morgan fingerprint density at radius 1 is 1.05 bits per heavy atom. The fourth-order valence-corrected chi connectivity index (χ4v) is 2.18. The minimum absolute atomic E-state index is 0.187. The molecule has 1 amide bonds. The molecular weight excluding hydrogens is 290 g/mol. The van der Waals surface area contributed by atoms with Crippen LogP contribution in [0.5, 0.6) is 11.5 Å². The molecule has 110 valence electrons. The first kappa shape index (κ1) is 15.2. The van der Waals surface area contributed by atoms with Crippen LogP contribution in [0.3, 0.4) is 0 Å². The first-order chi connectivity index (χ1) is 10.1. The maximum atomic E-state index is 12.5. The largest absolute Gasteiger partial charge is 0.493 e.